The zero-order valence-electron chi connectivity index (χ0n) is 18.2. The van der Waals surface area contributed by atoms with E-state index >= 15 is 0 Å². The summed E-state index contributed by atoms with van der Waals surface area (Å²) in [5.74, 6) is -0.491. The molecule has 1 aromatic carbocycles. The second-order valence-electron chi connectivity index (χ2n) is 7.71. The van der Waals surface area contributed by atoms with E-state index in [0.717, 1.165) is 25.0 Å². The molecule has 1 N–H and O–H groups in total. The number of aromatic nitrogens is 2. The molecule has 0 aliphatic carbocycles. The lowest BCUT2D eigenvalue weighted by Gasteiger charge is -2.26. The first-order chi connectivity index (χ1) is 15.4. The summed E-state index contributed by atoms with van der Waals surface area (Å²) in [4.78, 5) is 21.5. The highest BCUT2D eigenvalue weighted by molar-refractivity contribution is 7.89. The van der Waals surface area contributed by atoms with Crippen LogP contribution in [0.4, 0.5) is 11.4 Å². The van der Waals surface area contributed by atoms with Crippen molar-refractivity contribution in [2.45, 2.75) is 38.0 Å². The molecule has 0 radical (unpaired) electrons. The third-order valence-electron chi connectivity index (χ3n) is 5.44. The van der Waals surface area contributed by atoms with Crippen LogP contribution in [0, 0.1) is 6.92 Å². The average Bonchev–Trinajstić information content (AvgIpc) is 2.80. The molecule has 9 heteroatoms. The van der Waals surface area contributed by atoms with Gasteiger partial charge in [0.25, 0.3) is 0 Å². The van der Waals surface area contributed by atoms with Gasteiger partial charge in [-0.15, -0.1) is 0 Å². The molecule has 1 aliphatic rings. The molecule has 4 rings (SSSR count). The van der Waals surface area contributed by atoms with E-state index in [-0.39, 0.29) is 17.1 Å². The maximum atomic E-state index is 12.9. The van der Waals surface area contributed by atoms with E-state index in [1.165, 1.54) is 6.20 Å². The van der Waals surface area contributed by atoms with Crippen molar-refractivity contribution in [3.63, 3.8) is 0 Å². The normalized spacial score (nSPS) is 14.9. The van der Waals surface area contributed by atoms with Crippen molar-refractivity contribution >= 4 is 38.4 Å². The number of fused-ring (bicyclic) bond motifs is 1. The first-order valence-corrected chi connectivity index (χ1v) is 12.1. The topological polar surface area (TPSA) is 101 Å². The van der Waals surface area contributed by atoms with Gasteiger partial charge in [-0.3, -0.25) is 0 Å². The number of pyridine rings is 2. The highest BCUT2D eigenvalue weighted by Crippen LogP contribution is 2.30. The minimum Gasteiger partial charge on any atom is -0.462 e. The summed E-state index contributed by atoms with van der Waals surface area (Å²) in [5.41, 5.74) is 2.76. The van der Waals surface area contributed by atoms with Gasteiger partial charge in [-0.1, -0.05) is 6.42 Å². The number of rotatable bonds is 6. The number of anilines is 2. The van der Waals surface area contributed by atoms with Crippen molar-refractivity contribution < 1.29 is 17.9 Å². The predicted octanol–water partition coefficient (Wildman–Crippen LogP) is 4.03. The van der Waals surface area contributed by atoms with Crippen LogP contribution in [0.25, 0.3) is 11.0 Å². The number of hydrogen-bond acceptors (Lipinski definition) is 7. The molecule has 0 atom stereocenters. The Morgan fingerprint density at radius 3 is 2.50 bits per heavy atom. The molecule has 1 saturated heterocycles. The van der Waals surface area contributed by atoms with Crippen LogP contribution >= 0.6 is 0 Å². The minimum absolute atomic E-state index is 0.242. The van der Waals surface area contributed by atoms with Crippen LogP contribution in [-0.4, -0.2) is 48.4 Å². The van der Waals surface area contributed by atoms with E-state index in [4.69, 9.17) is 4.74 Å². The van der Waals surface area contributed by atoms with Crippen molar-refractivity contribution in [3.05, 3.63) is 53.9 Å². The average molecular weight is 455 g/mol. The molecule has 3 heterocycles. The first-order valence-electron chi connectivity index (χ1n) is 10.7. The van der Waals surface area contributed by atoms with Crippen LogP contribution in [0.15, 0.2) is 47.5 Å². The van der Waals surface area contributed by atoms with Crippen LogP contribution in [0.3, 0.4) is 0 Å². The molecule has 168 valence electrons. The van der Waals surface area contributed by atoms with E-state index < -0.39 is 16.0 Å². The molecular formula is C23H26N4O4S. The predicted molar refractivity (Wildman–Crippen MR) is 123 cm³/mol. The fraction of sp³-hybridized carbons (Fsp3) is 0.348. The quantitative estimate of drug-likeness (QED) is 0.561. The summed E-state index contributed by atoms with van der Waals surface area (Å²) >= 11 is 0. The standard InChI is InChI=1S/C23H26N4O4S/c1-3-31-23(28)20-15-24-22-19(12-7-16(2)25-22)21(20)26-17-8-10-18(11-9-17)32(29,30)27-13-5-4-6-14-27/h7-12,15H,3-6,13-14H2,1-2H3,(H,24,25,26). The Bertz CT molecular complexity index is 1240. The Hall–Kier alpha value is -3.04. The molecule has 0 unspecified atom stereocenters. The van der Waals surface area contributed by atoms with Crippen LogP contribution in [-0.2, 0) is 14.8 Å². The molecule has 1 fully saturated rings. The monoisotopic (exact) mass is 454 g/mol. The highest BCUT2D eigenvalue weighted by Gasteiger charge is 2.26. The van der Waals surface area contributed by atoms with Crippen LogP contribution in [0.5, 0.6) is 0 Å². The summed E-state index contributed by atoms with van der Waals surface area (Å²) in [5, 5.41) is 3.92. The molecule has 32 heavy (non-hydrogen) atoms. The number of nitrogens with zero attached hydrogens (tertiary/aromatic N) is 3. The van der Waals surface area contributed by atoms with Crippen molar-refractivity contribution in [2.75, 3.05) is 25.0 Å². The van der Waals surface area contributed by atoms with Crippen molar-refractivity contribution in [1.82, 2.24) is 14.3 Å². The maximum absolute atomic E-state index is 12.9. The zero-order valence-corrected chi connectivity index (χ0v) is 19.0. The zero-order chi connectivity index (χ0) is 22.7. The Morgan fingerprint density at radius 1 is 1.09 bits per heavy atom. The Labute approximate surface area is 187 Å². The van der Waals surface area contributed by atoms with E-state index in [1.807, 2.05) is 19.1 Å². The third-order valence-corrected chi connectivity index (χ3v) is 7.35. The molecule has 0 spiro atoms. The lowest BCUT2D eigenvalue weighted by atomic mass is 10.1. The largest absolute Gasteiger partial charge is 0.462 e. The first kappa shape index (κ1) is 22.2. The van der Waals surface area contributed by atoms with E-state index in [2.05, 4.69) is 15.3 Å². The number of ether oxygens (including phenoxy) is 1. The minimum atomic E-state index is -3.51. The van der Waals surface area contributed by atoms with Gasteiger partial charge >= 0.3 is 5.97 Å². The Morgan fingerprint density at radius 2 is 1.81 bits per heavy atom. The number of nitrogens with one attached hydrogen (secondary N) is 1. The van der Waals surface area contributed by atoms with Gasteiger partial charge in [0, 0.05) is 36.1 Å². The number of carbonyl (C=O) groups excluding carboxylic acids is 1. The Kier molecular flexibility index (Phi) is 6.38. The van der Waals surface area contributed by atoms with Gasteiger partial charge in [-0.25, -0.2) is 23.2 Å². The molecule has 3 aromatic rings. The molecule has 0 saturated carbocycles. The number of esters is 1. The van der Waals surface area contributed by atoms with Crippen molar-refractivity contribution in [1.29, 1.82) is 0 Å². The summed E-state index contributed by atoms with van der Waals surface area (Å²) in [7, 11) is -3.51. The number of aryl methyl sites for hydroxylation is 1. The summed E-state index contributed by atoms with van der Waals surface area (Å²) in [6.07, 6.45) is 4.28. The van der Waals surface area contributed by atoms with Gasteiger partial charge in [0.1, 0.15) is 5.56 Å². The van der Waals surface area contributed by atoms with Crippen LogP contribution in [0.2, 0.25) is 0 Å². The van der Waals surface area contributed by atoms with E-state index in [0.29, 0.717) is 35.5 Å². The van der Waals surface area contributed by atoms with Gasteiger partial charge in [0.05, 0.1) is 17.2 Å². The molecular weight excluding hydrogens is 428 g/mol. The SMILES string of the molecule is CCOC(=O)c1cnc2nc(C)ccc2c1Nc1ccc(S(=O)(=O)N2CCCCC2)cc1. The maximum Gasteiger partial charge on any atom is 0.341 e. The summed E-state index contributed by atoms with van der Waals surface area (Å²) in [6, 6.07) is 10.3. The van der Waals surface area contributed by atoms with Crippen molar-refractivity contribution in [3.8, 4) is 0 Å². The molecule has 8 nitrogen and oxygen atoms in total. The Balaban J connectivity index is 1.68. The number of carbonyl (C=O) groups is 1. The lowest BCUT2D eigenvalue weighted by molar-refractivity contribution is 0.0527. The number of hydrogen-bond donors (Lipinski definition) is 1. The number of benzene rings is 1. The second kappa shape index (κ2) is 9.22. The summed E-state index contributed by atoms with van der Waals surface area (Å²) in [6.45, 7) is 4.97. The number of sulfonamides is 1. The second-order valence-corrected chi connectivity index (χ2v) is 9.64. The van der Waals surface area contributed by atoms with Crippen LogP contribution < -0.4 is 5.32 Å². The fourth-order valence-corrected chi connectivity index (χ4v) is 5.30. The van der Waals surface area contributed by atoms with Gasteiger partial charge in [-0.05, 0) is 63.1 Å². The fourth-order valence-electron chi connectivity index (χ4n) is 3.78. The van der Waals surface area contributed by atoms with Gasteiger partial charge in [0.2, 0.25) is 10.0 Å². The summed E-state index contributed by atoms with van der Waals surface area (Å²) < 4.78 is 32.5. The van der Waals surface area contributed by atoms with E-state index in [1.54, 1.807) is 35.5 Å². The van der Waals surface area contributed by atoms with Crippen LogP contribution in [0.1, 0.15) is 42.2 Å². The molecule has 0 amide bonds. The number of piperidine rings is 1. The van der Waals surface area contributed by atoms with E-state index in [9.17, 15) is 13.2 Å². The third kappa shape index (κ3) is 4.44. The molecule has 1 aliphatic heterocycles. The molecule has 0 bridgehead atoms. The smallest absolute Gasteiger partial charge is 0.341 e. The van der Waals surface area contributed by atoms with Gasteiger partial charge in [0.15, 0.2) is 5.65 Å². The highest BCUT2D eigenvalue weighted by atomic mass is 32.2. The lowest BCUT2D eigenvalue weighted by Crippen LogP contribution is -2.35. The van der Waals surface area contributed by atoms with Crippen molar-refractivity contribution in [2.24, 2.45) is 0 Å². The van der Waals surface area contributed by atoms with Gasteiger partial charge < -0.3 is 10.1 Å². The van der Waals surface area contributed by atoms with Gasteiger partial charge in [-0.2, -0.15) is 4.31 Å². The molecule has 2 aromatic heterocycles.